The van der Waals surface area contributed by atoms with Crippen LogP contribution < -0.4 is 0 Å². The normalized spacial score (nSPS) is 25.1. The monoisotopic (exact) mass is 249 g/mol. The number of piperidine rings is 1. The molecule has 1 fully saturated rings. The summed E-state index contributed by atoms with van der Waals surface area (Å²) in [5.41, 5.74) is 0.211. The SMILES string of the molecule is C[C@@H]1CCC[C@H](C)N1CC(=O)c1ccccc1F. The summed E-state index contributed by atoms with van der Waals surface area (Å²) in [5.74, 6) is -0.534. The number of halogens is 1. The van der Waals surface area contributed by atoms with Gasteiger partial charge in [-0.25, -0.2) is 4.39 Å². The summed E-state index contributed by atoms with van der Waals surface area (Å²) in [6.45, 7) is 4.61. The number of hydrogen-bond acceptors (Lipinski definition) is 2. The van der Waals surface area contributed by atoms with Crippen LogP contribution in [0, 0.1) is 5.82 Å². The maximum Gasteiger partial charge on any atom is 0.179 e. The van der Waals surface area contributed by atoms with Crippen molar-refractivity contribution in [2.24, 2.45) is 0 Å². The number of Topliss-reactive ketones (excluding diaryl/α,β-unsaturated/α-hetero) is 1. The number of likely N-dealkylation sites (tertiary alicyclic amines) is 1. The first-order chi connectivity index (χ1) is 8.59. The van der Waals surface area contributed by atoms with Gasteiger partial charge in [0.15, 0.2) is 5.78 Å². The fraction of sp³-hybridized carbons (Fsp3) is 0.533. The second-order valence-corrected chi connectivity index (χ2v) is 5.20. The molecule has 2 rings (SSSR count). The molecule has 1 heterocycles. The first-order valence-corrected chi connectivity index (χ1v) is 6.63. The molecule has 0 aromatic heterocycles. The Hall–Kier alpha value is -1.22. The van der Waals surface area contributed by atoms with E-state index in [1.807, 2.05) is 0 Å². The molecule has 0 bridgehead atoms. The van der Waals surface area contributed by atoms with Crippen molar-refractivity contribution in [3.05, 3.63) is 35.6 Å². The average Bonchev–Trinajstić information content (AvgIpc) is 2.34. The van der Waals surface area contributed by atoms with Crippen LogP contribution in [0.4, 0.5) is 4.39 Å². The maximum absolute atomic E-state index is 13.5. The molecule has 98 valence electrons. The molecule has 1 aromatic rings. The molecule has 1 saturated heterocycles. The molecule has 2 nitrogen and oxygen atoms in total. The number of benzene rings is 1. The highest BCUT2D eigenvalue weighted by Gasteiger charge is 2.27. The summed E-state index contributed by atoms with van der Waals surface area (Å²) >= 11 is 0. The van der Waals surface area contributed by atoms with Gasteiger partial charge in [-0.1, -0.05) is 18.6 Å². The lowest BCUT2D eigenvalue weighted by Gasteiger charge is -2.38. The second kappa shape index (κ2) is 5.61. The van der Waals surface area contributed by atoms with E-state index in [0.29, 0.717) is 18.6 Å². The zero-order valence-electron chi connectivity index (χ0n) is 11.0. The molecule has 3 heteroatoms. The summed E-state index contributed by atoms with van der Waals surface area (Å²) in [4.78, 5) is 14.3. The Bertz CT molecular complexity index is 422. The van der Waals surface area contributed by atoms with E-state index in [9.17, 15) is 9.18 Å². The Labute approximate surface area is 108 Å². The molecular formula is C15H20FNO. The van der Waals surface area contributed by atoms with Crippen LogP contribution in [0.2, 0.25) is 0 Å². The number of carbonyl (C=O) groups excluding carboxylic acids is 1. The fourth-order valence-electron chi connectivity index (χ4n) is 2.72. The Morgan fingerprint density at radius 1 is 1.28 bits per heavy atom. The summed E-state index contributed by atoms with van der Waals surface area (Å²) in [6.07, 6.45) is 3.45. The van der Waals surface area contributed by atoms with Crippen LogP contribution in [-0.2, 0) is 0 Å². The van der Waals surface area contributed by atoms with Crippen molar-refractivity contribution in [2.75, 3.05) is 6.54 Å². The highest BCUT2D eigenvalue weighted by molar-refractivity contribution is 5.97. The van der Waals surface area contributed by atoms with E-state index in [2.05, 4.69) is 18.7 Å². The molecule has 1 aliphatic heterocycles. The number of carbonyl (C=O) groups is 1. The van der Waals surface area contributed by atoms with E-state index in [1.54, 1.807) is 18.2 Å². The third-order valence-corrected chi connectivity index (χ3v) is 3.88. The molecule has 0 aliphatic carbocycles. The number of nitrogens with zero attached hydrogens (tertiary/aromatic N) is 1. The molecule has 0 radical (unpaired) electrons. The molecule has 0 amide bonds. The minimum Gasteiger partial charge on any atom is -0.293 e. The van der Waals surface area contributed by atoms with E-state index >= 15 is 0 Å². The van der Waals surface area contributed by atoms with Gasteiger partial charge < -0.3 is 0 Å². The zero-order chi connectivity index (χ0) is 13.1. The standard InChI is InChI=1S/C15H20FNO/c1-11-6-5-7-12(2)17(11)10-15(18)13-8-3-4-9-14(13)16/h3-4,8-9,11-12H,5-7,10H2,1-2H3/t11-,12+. The molecule has 0 spiro atoms. The molecular weight excluding hydrogens is 229 g/mol. The summed E-state index contributed by atoms with van der Waals surface area (Å²) in [7, 11) is 0. The van der Waals surface area contributed by atoms with Crippen LogP contribution in [0.5, 0.6) is 0 Å². The van der Waals surface area contributed by atoms with Gasteiger partial charge in [0, 0.05) is 12.1 Å². The highest BCUT2D eigenvalue weighted by atomic mass is 19.1. The highest BCUT2D eigenvalue weighted by Crippen LogP contribution is 2.22. The second-order valence-electron chi connectivity index (χ2n) is 5.20. The third kappa shape index (κ3) is 2.78. The molecule has 2 atom stereocenters. The van der Waals surface area contributed by atoms with E-state index in [0.717, 1.165) is 12.8 Å². The van der Waals surface area contributed by atoms with Crippen molar-refractivity contribution in [3.8, 4) is 0 Å². The Kier molecular flexibility index (Phi) is 4.12. The predicted octanol–water partition coefficient (Wildman–Crippen LogP) is 3.27. The van der Waals surface area contributed by atoms with Gasteiger partial charge in [0.05, 0.1) is 12.1 Å². The van der Waals surface area contributed by atoms with Crippen LogP contribution in [0.1, 0.15) is 43.5 Å². The van der Waals surface area contributed by atoms with E-state index < -0.39 is 5.82 Å². The topological polar surface area (TPSA) is 20.3 Å². The average molecular weight is 249 g/mol. The fourth-order valence-corrected chi connectivity index (χ4v) is 2.72. The summed E-state index contributed by atoms with van der Waals surface area (Å²) in [6, 6.07) is 7.04. The number of rotatable bonds is 3. The van der Waals surface area contributed by atoms with Crippen LogP contribution in [0.3, 0.4) is 0 Å². The zero-order valence-corrected chi connectivity index (χ0v) is 11.0. The molecule has 0 N–H and O–H groups in total. The first-order valence-electron chi connectivity index (χ1n) is 6.63. The van der Waals surface area contributed by atoms with Gasteiger partial charge in [0.2, 0.25) is 0 Å². The van der Waals surface area contributed by atoms with Gasteiger partial charge in [-0.3, -0.25) is 9.69 Å². The molecule has 0 saturated carbocycles. The minimum absolute atomic E-state index is 0.117. The lowest BCUT2D eigenvalue weighted by molar-refractivity contribution is 0.0731. The van der Waals surface area contributed by atoms with E-state index in [1.165, 1.54) is 12.5 Å². The lowest BCUT2D eigenvalue weighted by Crippen LogP contribution is -2.46. The van der Waals surface area contributed by atoms with Gasteiger partial charge in [0.25, 0.3) is 0 Å². The first kappa shape index (κ1) is 13.2. The third-order valence-electron chi connectivity index (χ3n) is 3.88. The van der Waals surface area contributed by atoms with Crippen molar-refractivity contribution >= 4 is 5.78 Å². The van der Waals surface area contributed by atoms with Gasteiger partial charge in [-0.15, -0.1) is 0 Å². The van der Waals surface area contributed by atoms with Gasteiger partial charge in [-0.2, -0.15) is 0 Å². The smallest absolute Gasteiger partial charge is 0.179 e. The van der Waals surface area contributed by atoms with E-state index in [-0.39, 0.29) is 11.3 Å². The summed E-state index contributed by atoms with van der Waals surface area (Å²) < 4.78 is 13.5. The van der Waals surface area contributed by atoms with E-state index in [4.69, 9.17) is 0 Å². The molecule has 1 aromatic carbocycles. The quantitative estimate of drug-likeness (QED) is 0.766. The Morgan fingerprint density at radius 2 is 1.89 bits per heavy atom. The summed E-state index contributed by atoms with van der Waals surface area (Å²) in [5, 5.41) is 0. The predicted molar refractivity (Wildman–Crippen MR) is 70.2 cm³/mol. The van der Waals surface area contributed by atoms with Crippen molar-refractivity contribution in [2.45, 2.75) is 45.2 Å². The lowest BCUT2D eigenvalue weighted by atomic mass is 9.96. The van der Waals surface area contributed by atoms with Gasteiger partial charge in [-0.05, 0) is 38.8 Å². The van der Waals surface area contributed by atoms with Crippen LogP contribution in [-0.4, -0.2) is 29.3 Å². The number of ketones is 1. The van der Waals surface area contributed by atoms with Gasteiger partial charge in [0.1, 0.15) is 5.82 Å². The Morgan fingerprint density at radius 3 is 2.50 bits per heavy atom. The largest absolute Gasteiger partial charge is 0.293 e. The maximum atomic E-state index is 13.5. The van der Waals surface area contributed by atoms with Crippen LogP contribution in [0.25, 0.3) is 0 Å². The minimum atomic E-state index is -0.417. The van der Waals surface area contributed by atoms with Crippen molar-refractivity contribution in [3.63, 3.8) is 0 Å². The van der Waals surface area contributed by atoms with Gasteiger partial charge >= 0.3 is 0 Å². The molecule has 0 unspecified atom stereocenters. The van der Waals surface area contributed by atoms with Crippen LogP contribution >= 0.6 is 0 Å². The molecule has 18 heavy (non-hydrogen) atoms. The Balaban J connectivity index is 2.09. The van der Waals surface area contributed by atoms with Crippen molar-refractivity contribution < 1.29 is 9.18 Å². The van der Waals surface area contributed by atoms with Crippen molar-refractivity contribution in [1.82, 2.24) is 4.90 Å². The number of hydrogen-bond donors (Lipinski definition) is 0. The van der Waals surface area contributed by atoms with Crippen LogP contribution in [0.15, 0.2) is 24.3 Å². The molecule has 1 aliphatic rings. The van der Waals surface area contributed by atoms with Crippen molar-refractivity contribution in [1.29, 1.82) is 0 Å².